The van der Waals surface area contributed by atoms with Crippen LogP contribution < -0.4 is 20.3 Å². The molecular formula is C30H35ClN4O4. The lowest BCUT2D eigenvalue weighted by Crippen LogP contribution is -2.00. The molecule has 0 unspecified atom stereocenters. The third-order valence-electron chi connectivity index (χ3n) is 5.76. The molecule has 0 aliphatic heterocycles. The number of fused-ring (bicyclic) bond motifs is 1. The number of benzene rings is 3. The van der Waals surface area contributed by atoms with Crippen LogP contribution in [0.2, 0.25) is 5.02 Å². The lowest BCUT2D eigenvalue weighted by atomic mass is 10.1. The van der Waals surface area contributed by atoms with E-state index in [2.05, 4.69) is 34.3 Å². The Morgan fingerprint density at radius 2 is 1.79 bits per heavy atom. The lowest BCUT2D eigenvalue weighted by molar-refractivity contribution is -0.107. The molecule has 0 radical (unpaired) electrons. The van der Waals surface area contributed by atoms with E-state index in [0.29, 0.717) is 36.2 Å². The van der Waals surface area contributed by atoms with Gasteiger partial charge in [-0.2, -0.15) is 0 Å². The minimum atomic E-state index is 0.451. The van der Waals surface area contributed by atoms with Crippen molar-refractivity contribution < 1.29 is 19.5 Å². The van der Waals surface area contributed by atoms with Crippen LogP contribution in [0, 0.1) is 6.92 Å². The molecule has 9 heteroatoms. The maximum Gasteiger partial charge on any atom is 0.141 e. The first kappa shape index (κ1) is 29.8. The van der Waals surface area contributed by atoms with Crippen molar-refractivity contribution in [2.24, 2.45) is 0 Å². The highest BCUT2D eigenvalue weighted by molar-refractivity contribution is 6.32. The molecule has 0 fully saturated rings. The maximum atomic E-state index is 10.4. The summed E-state index contributed by atoms with van der Waals surface area (Å²) in [4.78, 5) is 19.2. The highest BCUT2D eigenvalue weighted by Gasteiger charge is 2.09. The fourth-order valence-electron chi connectivity index (χ4n) is 3.89. The number of nitrogens with one attached hydrogen (secondary N) is 2. The Labute approximate surface area is 234 Å². The predicted octanol–water partition coefficient (Wildman–Crippen LogP) is 7.04. The second-order valence-corrected chi connectivity index (χ2v) is 9.30. The Kier molecular flexibility index (Phi) is 12.5. The highest BCUT2D eigenvalue weighted by Crippen LogP contribution is 2.32. The number of carbonyl (C=O) groups is 1. The van der Waals surface area contributed by atoms with Crippen LogP contribution in [0.5, 0.6) is 11.5 Å². The SMILES string of the molecule is CNO.Cc1cccc(COc2ccc(Nc3ncnc4ccc(OCCCCCCC=O)cc34)cc2Cl)c1. The van der Waals surface area contributed by atoms with Crippen LogP contribution in [0.15, 0.2) is 67.0 Å². The number of hydrogen-bond donors (Lipinski definition) is 3. The molecule has 0 amide bonds. The highest BCUT2D eigenvalue weighted by atomic mass is 35.5. The van der Waals surface area contributed by atoms with Gasteiger partial charge >= 0.3 is 0 Å². The zero-order valence-corrected chi connectivity index (χ0v) is 23.1. The van der Waals surface area contributed by atoms with E-state index in [1.165, 1.54) is 18.9 Å². The minimum Gasteiger partial charge on any atom is -0.494 e. The van der Waals surface area contributed by atoms with Crippen molar-refractivity contribution in [2.75, 3.05) is 19.0 Å². The monoisotopic (exact) mass is 550 g/mol. The Bertz CT molecular complexity index is 1340. The largest absolute Gasteiger partial charge is 0.494 e. The van der Waals surface area contributed by atoms with Crippen molar-refractivity contribution >= 4 is 40.3 Å². The number of anilines is 2. The number of hydroxylamine groups is 1. The second kappa shape index (κ2) is 16.3. The number of rotatable bonds is 13. The van der Waals surface area contributed by atoms with Crippen LogP contribution in [0.25, 0.3) is 10.9 Å². The molecule has 1 aromatic heterocycles. The van der Waals surface area contributed by atoms with Gasteiger partial charge in [0.25, 0.3) is 0 Å². The fraction of sp³-hybridized carbons (Fsp3) is 0.300. The number of aldehydes is 1. The lowest BCUT2D eigenvalue weighted by Gasteiger charge is -2.13. The third-order valence-corrected chi connectivity index (χ3v) is 6.06. The molecule has 0 aliphatic rings. The van der Waals surface area contributed by atoms with E-state index in [-0.39, 0.29) is 0 Å². The third kappa shape index (κ3) is 9.83. The summed E-state index contributed by atoms with van der Waals surface area (Å²) in [7, 11) is 1.43. The summed E-state index contributed by atoms with van der Waals surface area (Å²) in [5, 5.41) is 12.0. The summed E-state index contributed by atoms with van der Waals surface area (Å²) >= 11 is 6.51. The number of unbranched alkanes of at least 4 members (excludes halogenated alkanes) is 4. The summed E-state index contributed by atoms with van der Waals surface area (Å²) in [6.45, 7) is 3.14. The molecule has 206 valence electrons. The van der Waals surface area contributed by atoms with E-state index in [0.717, 1.165) is 59.9 Å². The van der Waals surface area contributed by atoms with Crippen molar-refractivity contribution in [3.8, 4) is 11.5 Å². The Hall–Kier alpha value is -3.72. The number of hydrogen-bond acceptors (Lipinski definition) is 8. The molecule has 1 heterocycles. The Morgan fingerprint density at radius 3 is 2.56 bits per heavy atom. The quantitative estimate of drug-likeness (QED) is 0.0924. The topological polar surface area (TPSA) is 106 Å². The average Bonchev–Trinajstić information content (AvgIpc) is 2.93. The first-order valence-electron chi connectivity index (χ1n) is 12.9. The molecule has 4 aromatic rings. The molecule has 0 aliphatic carbocycles. The molecule has 0 bridgehead atoms. The van der Waals surface area contributed by atoms with Crippen LogP contribution in [-0.4, -0.2) is 35.1 Å². The molecule has 0 saturated carbocycles. The minimum absolute atomic E-state index is 0.451. The molecule has 8 nitrogen and oxygen atoms in total. The van der Waals surface area contributed by atoms with Gasteiger partial charge in [0, 0.05) is 24.5 Å². The molecule has 4 rings (SSSR count). The van der Waals surface area contributed by atoms with E-state index in [4.69, 9.17) is 26.3 Å². The molecule has 0 atom stereocenters. The number of halogens is 1. The van der Waals surface area contributed by atoms with Crippen molar-refractivity contribution in [3.05, 3.63) is 83.1 Å². The molecule has 3 N–H and O–H groups in total. The maximum absolute atomic E-state index is 10.4. The molecule has 39 heavy (non-hydrogen) atoms. The van der Waals surface area contributed by atoms with Gasteiger partial charge in [0.05, 0.1) is 17.1 Å². The van der Waals surface area contributed by atoms with Gasteiger partial charge in [-0.3, -0.25) is 0 Å². The fourth-order valence-corrected chi connectivity index (χ4v) is 4.13. The van der Waals surface area contributed by atoms with Gasteiger partial charge in [0.15, 0.2) is 0 Å². The number of carbonyl (C=O) groups excluding carboxylic acids is 1. The van der Waals surface area contributed by atoms with Gasteiger partial charge in [0.1, 0.15) is 36.5 Å². The van der Waals surface area contributed by atoms with Gasteiger partial charge < -0.3 is 24.8 Å². The van der Waals surface area contributed by atoms with Crippen molar-refractivity contribution in [1.82, 2.24) is 15.4 Å². The number of aromatic nitrogens is 2. The number of aryl methyl sites for hydroxylation is 1. The summed E-state index contributed by atoms with van der Waals surface area (Å²) in [5.74, 6) is 2.06. The van der Waals surface area contributed by atoms with Gasteiger partial charge in [-0.15, -0.1) is 0 Å². The summed E-state index contributed by atoms with van der Waals surface area (Å²) in [5.41, 5.74) is 5.65. The van der Waals surface area contributed by atoms with E-state index in [1.54, 1.807) is 5.48 Å². The molecular weight excluding hydrogens is 516 g/mol. The molecule has 3 aromatic carbocycles. The van der Waals surface area contributed by atoms with E-state index >= 15 is 0 Å². The van der Waals surface area contributed by atoms with Crippen molar-refractivity contribution in [2.45, 2.75) is 45.6 Å². The standard InChI is InChI=1S/C29H30ClN3O3.CH5NO/c1-21-8-7-9-22(16-21)19-36-28-13-10-23(17-26(28)30)33-29-25-18-24(11-12-27(25)31-20-32-29)35-15-6-4-2-3-5-14-34;1-2-3/h7-14,16-18,20H,2-6,15,19H2,1H3,(H,31,32,33);2-3H,1H3. The molecule has 0 saturated heterocycles. The predicted molar refractivity (Wildman–Crippen MR) is 155 cm³/mol. The van der Waals surface area contributed by atoms with Crippen molar-refractivity contribution in [1.29, 1.82) is 0 Å². The van der Waals surface area contributed by atoms with E-state index in [1.807, 2.05) is 48.5 Å². The second-order valence-electron chi connectivity index (χ2n) is 8.89. The Morgan fingerprint density at radius 1 is 0.974 bits per heavy atom. The summed E-state index contributed by atoms with van der Waals surface area (Å²) in [6, 6.07) is 19.6. The van der Waals surface area contributed by atoms with Crippen LogP contribution in [-0.2, 0) is 11.4 Å². The van der Waals surface area contributed by atoms with Gasteiger partial charge in [-0.1, -0.05) is 54.3 Å². The first-order valence-corrected chi connectivity index (χ1v) is 13.3. The van der Waals surface area contributed by atoms with Gasteiger partial charge in [0.2, 0.25) is 0 Å². The normalized spacial score (nSPS) is 10.5. The van der Waals surface area contributed by atoms with Gasteiger partial charge in [-0.25, -0.2) is 15.4 Å². The number of ether oxygens (including phenoxy) is 2. The van der Waals surface area contributed by atoms with Crippen LogP contribution in [0.4, 0.5) is 11.5 Å². The van der Waals surface area contributed by atoms with Gasteiger partial charge in [-0.05, 0) is 61.7 Å². The van der Waals surface area contributed by atoms with Crippen molar-refractivity contribution in [3.63, 3.8) is 0 Å². The van der Waals surface area contributed by atoms with Crippen LogP contribution in [0.3, 0.4) is 0 Å². The first-order chi connectivity index (χ1) is 19.0. The smallest absolute Gasteiger partial charge is 0.141 e. The zero-order valence-electron chi connectivity index (χ0n) is 22.3. The Balaban J connectivity index is 0.00000134. The summed E-state index contributed by atoms with van der Waals surface area (Å²) < 4.78 is 11.9. The molecule has 0 spiro atoms. The number of nitrogens with zero attached hydrogens (tertiary/aromatic N) is 2. The van der Waals surface area contributed by atoms with E-state index in [9.17, 15) is 4.79 Å². The average molecular weight is 551 g/mol. The summed E-state index contributed by atoms with van der Waals surface area (Å²) in [6.07, 6.45) is 7.12. The van der Waals surface area contributed by atoms with Crippen LogP contribution in [0.1, 0.15) is 43.2 Å². The zero-order chi connectivity index (χ0) is 27.9. The van der Waals surface area contributed by atoms with E-state index < -0.39 is 0 Å². The van der Waals surface area contributed by atoms with Crippen LogP contribution >= 0.6 is 11.6 Å².